The molecule has 2 fully saturated rings. The number of nitrogens with one attached hydrogen (secondary N) is 1. The van der Waals surface area contributed by atoms with Crippen LogP contribution in [0.25, 0.3) is 0 Å². The molecule has 1 N–H and O–H groups in total. The second-order valence-corrected chi connectivity index (χ2v) is 5.40. The number of rotatable bonds is 0. The molecular formula is C11H21N. The van der Waals surface area contributed by atoms with Gasteiger partial charge < -0.3 is 5.32 Å². The Balaban J connectivity index is 1.99. The molecule has 0 unspecified atom stereocenters. The number of hydrogen-bond acceptors (Lipinski definition) is 1. The maximum Gasteiger partial charge on any atom is 0.00957 e. The Kier molecular flexibility index (Phi) is 2.16. The lowest BCUT2D eigenvalue weighted by molar-refractivity contribution is 0.117. The first-order valence-corrected chi connectivity index (χ1v) is 5.41. The summed E-state index contributed by atoms with van der Waals surface area (Å²) in [6.45, 7) is 6.02. The molecule has 2 rings (SSSR count). The molecule has 0 amide bonds. The highest BCUT2D eigenvalue weighted by atomic mass is 15.0. The zero-order valence-electron chi connectivity index (χ0n) is 8.40. The van der Waals surface area contributed by atoms with Crippen LogP contribution in [0.4, 0.5) is 0 Å². The minimum atomic E-state index is 0.554. The summed E-state index contributed by atoms with van der Waals surface area (Å²) in [6, 6.07) is 0.867. The van der Waals surface area contributed by atoms with E-state index in [0.29, 0.717) is 5.41 Å². The molecular weight excluding hydrogens is 146 g/mol. The van der Waals surface area contributed by atoms with Gasteiger partial charge in [0.15, 0.2) is 0 Å². The lowest BCUT2D eigenvalue weighted by atomic mass is 9.71. The highest BCUT2D eigenvalue weighted by Crippen LogP contribution is 2.37. The van der Waals surface area contributed by atoms with Crippen LogP contribution >= 0.6 is 0 Å². The second-order valence-electron chi connectivity index (χ2n) is 5.40. The van der Waals surface area contributed by atoms with Gasteiger partial charge in [-0.3, -0.25) is 0 Å². The highest BCUT2D eigenvalue weighted by Gasteiger charge is 2.35. The van der Waals surface area contributed by atoms with E-state index in [9.17, 15) is 0 Å². The molecule has 70 valence electrons. The average Bonchev–Trinajstić information content (AvgIpc) is 2.02. The Morgan fingerprint density at radius 1 is 1.17 bits per heavy atom. The van der Waals surface area contributed by atoms with Crippen molar-refractivity contribution in [1.29, 1.82) is 0 Å². The Hall–Kier alpha value is -0.0400. The van der Waals surface area contributed by atoms with Crippen molar-refractivity contribution < 1.29 is 0 Å². The van der Waals surface area contributed by atoms with E-state index in [1.807, 2.05) is 0 Å². The van der Waals surface area contributed by atoms with E-state index in [1.54, 1.807) is 0 Å². The second kappa shape index (κ2) is 3.02. The third-order valence-electron chi connectivity index (χ3n) is 3.57. The summed E-state index contributed by atoms with van der Waals surface area (Å²) < 4.78 is 0. The van der Waals surface area contributed by atoms with Crippen LogP contribution in [0.3, 0.4) is 0 Å². The number of hydrogen-bond donors (Lipinski definition) is 1. The Morgan fingerprint density at radius 2 is 1.92 bits per heavy atom. The molecule has 0 radical (unpaired) electrons. The van der Waals surface area contributed by atoms with E-state index < -0.39 is 0 Å². The van der Waals surface area contributed by atoms with Crippen molar-refractivity contribution in [2.45, 2.75) is 52.0 Å². The molecule has 0 spiro atoms. The predicted octanol–water partition coefficient (Wildman–Crippen LogP) is 2.56. The smallest absolute Gasteiger partial charge is 0.00957 e. The van der Waals surface area contributed by atoms with E-state index in [1.165, 1.54) is 38.6 Å². The molecule has 1 heteroatoms. The maximum atomic E-state index is 3.71. The van der Waals surface area contributed by atoms with Gasteiger partial charge in [0.05, 0.1) is 0 Å². The number of fused-ring (bicyclic) bond motifs is 1. The fourth-order valence-corrected chi connectivity index (χ4v) is 2.91. The van der Waals surface area contributed by atoms with Crippen LogP contribution in [-0.4, -0.2) is 12.6 Å². The van der Waals surface area contributed by atoms with E-state index in [-0.39, 0.29) is 0 Å². The van der Waals surface area contributed by atoms with Gasteiger partial charge in [-0.1, -0.05) is 26.7 Å². The largest absolute Gasteiger partial charge is 0.313 e. The molecule has 0 bridgehead atoms. The lowest BCUT2D eigenvalue weighted by Crippen LogP contribution is -2.50. The molecule has 1 saturated heterocycles. The van der Waals surface area contributed by atoms with Crippen molar-refractivity contribution >= 4 is 0 Å². The Labute approximate surface area is 75.9 Å². The highest BCUT2D eigenvalue weighted by molar-refractivity contribution is 4.91. The van der Waals surface area contributed by atoms with Crippen molar-refractivity contribution in [3.63, 3.8) is 0 Å². The zero-order valence-corrected chi connectivity index (χ0v) is 8.40. The molecule has 0 aromatic rings. The third kappa shape index (κ3) is 1.66. The predicted molar refractivity (Wildman–Crippen MR) is 52.1 cm³/mol. The fraction of sp³-hybridized carbons (Fsp3) is 1.00. The van der Waals surface area contributed by atoms with Gasteiger partial charge in [-0.25, -0.2) is 0 Å². The molecule has 1 saturated carbocycles. The van der Waals surface area contributed by atoms with Crippen molar-refractivity contribution in [2.24, 2.45) is 11.3 Å². The average molecular weight is 167 g/mol. The molecule has 1 aliphatic carbocycles. The Bertz CT molecular complexity index is 162. The fourth-order valence-electron chi connectivity index (χ4n) is 2.91. The SMILES string of the molecule is CC1(C)CN[C@@H]2CCCC[C@@H]2C1. The van der Waals surface area contributed by atoms with Crippen LogP contribution in [0.2, 0.25) is 0 Å². The normalized spacial score (nSPS) is 40.5. The topological polar surface area (TPSA) is 12.0 Å². The lowest BCUT2D eigenvalue weighted by Gasteiger charge is -2.44. The standard InChI is InChI=1S/C11H21N/c1-11(2)7-9-5-3-4-6-10(9)12-8-11/h9-10,12H,3-8H2,1-2H3/t9-,10-/m1/s1. The number of piperidine rings is 1. The summed E-state index contributed by atoms with van der Waals surface area (Å²) in [6.07, 6.45) is 7.28. The zero-order chi connectivity index (χ0) is 8.60. The van der Waals surface area contributed by atoms with Crippen molar-refractivity contribution in [3.8, 4) is 0 Å². The van der Waals surface area contributed by atoms with Gasteiger partial charge in [-0.05, 0) is 30.6 Å². The van der Waals surface area contributed by atoms with Crippen LogP contribution in [0.15, 0.2) is 0 Å². The summed E-state index contributed by atoms with van der Waals surface area (Å²) in [5.41, 5.74) is 0.554. The molecule has 0 aromatic carbocycles. The van der Waals surface area contributed by atoms with Gasteiger partial charge in [-0.15, -0.1) is 0 Å². The van der Waals surface area contributed by atoms with E-state index >= 15 is 0 Å². The van der Waals surface area contributed by atoms with E-state index in [4.69, 9.17) is 0 Å². The van der Waals surface area contributed by atoms with Gasteiger partial charge in [0.1, 0.15) is 0 Å². The monoisotopic (exact) mass is 167 g/mol. The molecule has 1 nitrogen and oxygen atoms in total. The Morgan fingerprint density at radius 3 is 2.75 bits per heavy atom. The minimum absolute atomic E-state index is 0.554. The van der Waals surface area contributed by atoms with Crippen LogP contribution < -0.4 is 5.32 Å². The first kappa shape index (κ1) is 8.55. The van der Waals surface area contributed by atoms with Crippen LogP contribution in [0.5, 0.6) is 0 Å². The summed E-state index contributed by atoms with van der Waals surface area (Å²) in [4.78, 5) is 0. The van der Waals surface area contributed by atoms with Gasteiger partial charge in [0, 0.05) is 12.6 Å². The van der Waals surface area contributed by atoms with E-state index in [2.05, 4.69) is 19.2 Å². The van der Waals surface area contributed by atoms with Crippen molar-refractivity contribution in [3.05, 3.63) is 0 Å². The van der Waals surface area contributed by atoms with Crippen LogP contribution in [0, 0.1) is 11.3 Å². The van der Waals surface area contributed by atoms with Crippen molar-refractivity contribution in [1.82, 2.24) is 5.32 Å². The summed E-state index contributed by atoms with van der Waals surface area (Å²) in [5.74, 6) is 0.988. The van der Waals surface area contributed by atoms with E-state index in [0.717, 1.165) is 12.0 Å². The van der Waals surface area contributed by atoms with Gasteiger partial charge >= 0.3 is 0 Å². The van der Waals surface area contributed by atoms with Crippen LogP contribution in [0.1, 0.15) is 46.0 Å². The molecule has 2 atom stereocenters. The van der Waals surface area contributed by atoms with Crippen molar-refractivity contribution in [2.75, 3.05) is 6.54 Å². The molecule has 1 aliphatic heterocycles. The van der Waals surface area contributed by atoms with Gasteiger partial charge in [0.2, 0.25) is 0 Å². The summed E-state index contributed by atoms with van der Waals surface area (Å²) in [5, 5.41) is 3.71. The van der Waals surface area contributed by atoms with Gasteiger partial charge in [0.25, 0.3) is 0 Å². The molecule has 2 aliphatic rings. The third-order valence-corrected chi connectivity index (χ3v) is 3.57. The first-order valence-electron chi connectivity index (χ1n) is 5.41. The first-order chi connectivity index (χ1) is 5.67. The van der Waals surface area contributed by atoms with Crippen LogP contribution in [-0.2, 0) is 0 Å². The summed E-state index contributed by atoms with van der Waals surface area (Å²) in [7, 11) is 0. The molecule has 12 heavy (non-hydrogen) atoms. The minimum Gasteiger partial charge on any atom is -0.313 e. The quantitative estimate of drug-likeness (QED) is 0.584. The maximum absolute atomic E-state index is 3.71. The van der Waals surface area contributed by atoms with Gasteiger partial charge in [-0.2, -0.15) is 0 Å². The molecule has 1 heterocycles. The summed E-state index contributed by atoms with van der Waals surface area (Å²) >= 11 is 0. The molecule has 0 aromatic heterocycles.